The Morgan fingerprint density at radius 2 is 0.836 bits per heavy atom. The molecule has 10 aromatic carbocycles. The highest BCUT2D eigenvalue weighted by Gasteiger charge is 2.52. The van der Waals surface area contributed by atoms with Crippen molar-refractivity contribution in [1.82, 2.24) is 0 Å². The number of hydrogen-bond acceptors (Lipinski definition) is 2. The molecular weight excluding hydrogens is 739 g/mol. The van der Waals surface area contributed by atoms with Gasteiger partial charge >= 0.3 is 0 Å². The van der Waals surface area contributed by atoms with Crippen LogP contribution in [-0.2, 0) is 5.41 Å². The van der Waals surface area contributed by atoms with Gasteiger partial charge < -0.3 is 9.32 Å². The first-order chi connectivity index (χ1) is 30.3. The molecular formula is C59H37NO. The second-order valence-electron chi connectivity index (χ2n) is 16.3. The fourth-order valence-electron chi connectivity index (χ4n) is 10.9. The third-order valence-electron chi connectivity index (χ3n) is 13.3. The number of furan rings is 1. The summed E-state index contributed by atoms with van der Waals surface area (Å²) in [4.78, 5) is 2.49. The second kappa shape index (κ2) is 13.0. The minimum Gasteiger partial charge on any atom is -0.454 e. The molecule has 0 aliphatic heterocycles. The molecule has 2 aliphatic rings. The topological polar surface area (TPSA) is 16.4 Å². The molecule has 0 unspecified atom stereocenters. The molecule has 0 radical (unpaired) electrons. The Kier molecular flexibility index (Phi) is 7.26. The number of nitrogens with zero attached hydrogens (tertiary/aromatic N) is 1. The average molecular weight is 776 g/mol. The molecule has 1 spiro atoms. The standard InChI is InChI=1S/C59H37NO/c1-2-18-39(19-3-1)41-27-16-37-55-56(41)47-29-15-36-54(58(47)61-55)60(52-34-13-9-25-45(52)42-28-14-21-38-20-4-5-22-40(38)42)53-35-17-33-51-57(53)46-26-8-12-32-50(46)59(51)48-30-10-6-23-43(48)44-24-7-11-31-49(44)59/h1-37H. The molecule has 284 valence electrons. The SMILES string of the molecule is c1ccc(-c2cccc3oc4c(N(c5ccccc5-c5cccc6ccccc56)c5cccc6c5-c5ccccc5C65c6ccccc6-c6ccccc65)cccc4c23)cc1. The van der Waals surface area contributed by atoms with Crippen LogP contribution in [0.2, 0.25) is 0 Å². The lowest BCUT2D eigenvalue weighted by atomic mass is 9.70. The van der Waals surface area contributed by atoms with Crippen LogP contribution in [-0.4, -0.2) is 0 Å². The summed E-state index contributed by atoms with van der Waals surface area (Å²) in [6.45, 7) is 0. The van der Waals surface area contributed by atoms with Gasteiger partial charge in [-0.1, -0.05) is 200 Å². The summed E-state index contributed by atoms with van der Waals surface area (Å²) in [6.07, 6.45) is 0. The van der Waals surface area contributed by atoms with E-state index in [4.69, 9.17) is 4.42 Å². The normalized spacial score (nSPS) is 13.0. The van der Waals surface area contributed by atoms with Gasteiger partial charge in [0.15, 0.2) is 5.58 Å². The maximum Gasteiger partial charge on any atom is 0.159 e. The molecule has 2 aliphatic carbocycles. The fraction of sp³-hybridized carbons (Fsp3) is 0.0169. The molecule has 0 atom stereocenters. The van der Waals surface area contributed by atoms with Crippen LogP contribution in [0.3, 0.4) is 0 Å². The predicted molar refractivity (Wildman–Crippen MR) is 253 cm³/mol. The summed E-state index contributed by atoms with van der Waals surface area (Å²) in [5.74, 6) is 0. The zero-order valence-electron chi connectivity index (χ0n) is 33.2. The van der Waals surface area contributed by atoms with Crippen molar-refractivity contribution in [1.29, 1.82) is 0 Å². The minimum atomic E-state index is -0.480. The molecule has 0 bridgehead atoms. The van der Waals surface area contributed by atoms with E-state index < -0.39 is 5.41 Å². The van der Waals surface area contributed by atoms with Gasteiger partial charge in [-0.25, -0.2) is 0 Å². The van der Waals surface area contributed by atoms with E-state index in [1.165, 1.54) is 66.4 Å². The van der Waals surface area contributed by atoms with E-state index >= 15 is 0 Å². The highest BCUT2D eigenvalue weighted by atomic mass is 16.3. The van der Waals surface area contributed by atoms with Crippen molar-refractivity contribution in [3.63, 3.8) is 0 Å². The van der Waals surface area contributed by atoms with Crippen molar-refractivity contribution in [2.45, 2.75) is 5.41 Å². The Morgan fingerprint density at radius 3 is 1.64 bits per heavy atom. The lowest BCUT2D eigenvalue weighted by molar-refractivity contribution is 0.669. The molecule has 2 heteroatoms. The van der Waals surface area contributed by atoms with E-state index in [0.29, 0.717) is 0 Å². The van der Waals surface area contributed by atoms with Gasteiger partial charge in [0, 0.05) is 21.9 Å². The Morgan fingerprint density at radius 1 is 0.328 bits per heavy atom. The summed E-state index contributed by atoms with van der Waals surface area (Å²) in [7, 11) is 0. The van der Waals surface area contributed by atoms with Gasteiger partial charge in [0.1, 0.15) is 5.58 Å². The maximum atomic E-state index is 7.12. The van der Waals surface area contributed by atoms with E-state index in [9.17, 15) is 0 Å². The number of fused-ring (bicyclic) bond motifs is 14. The zero-order valence-corrected chi connectivity index (χ0v) is 33.2. The first kappa shape index (κ1) is 34.0. The Bertz CT molecular complexity index is 3510. The summed E-state index contributed by atoms with van der Waals surface area (Å²) < 4.78 is 7.12. The fourth-order valence-corrected chi connectivity index (χ4v) is 10.9. The third-order valence-corrected chi connectivity index (χ3v) is 13.3. The molecule has 1 aromatic heterocycles. The van der Waals surface area contributed by atoms with Crippen LogP contribution in [0.15, 0.2) is 229 Å². The Balaban J connectivity index is 1.16. The molecule has 1 heterocycles. The van der Waals surface area contributed by atoms with Crippen LogP contribution in [0.5, 0.6) is 0 Å². The van der Waals surface area contributed by atoms with Crippen LogP contribution in [0.1, 0.15) is 22.3 Å². The second-order valence-corrected chi connectivity index (χ2v) is 16.3. The van der Waals surface area contributed by atoms with Crippen LogP contribution in [0.4, 0.5) is 17.1 Å². The lowest BCUT2D eigenvalue weighted by Crippen LogP contribution is -2.26. The monoisotopic (exact) mass is 775 g/mol. The van der Waals surface area contributed by atoms with E-state index in [0.717, 1.165) is 50.1 Å². The molecule has 11 aromatic rings. The van der Waals surface area contributed by atoms with Gasteiger partial charge in [-0.15, -0.1) is 0 Å². The molecule has 61 heavy (non-hydrogen) atoms. The predicted octanol–water partition coefficient (Wildman–Crippen LogP) is 15.9. The molecule has 0 saturated heterocycles. The van der Waals surface area contributed by atoms with Gasteiger partial charge in [-0.3, -0.25) is 0 Å². The quantitative estimate of drug-likeness (QED) is 0.173. The van der Waals surface area contributed by atoms with Crippen molar-refractivity contribution >= 4 is 49.8 Å². The van der Waals surface area contributed by atoms with Crippen LogP contribution in [0, 0.1) is 0 Å². The van der Waals surface area contributed by atoms with Crippen molar-refractivity contribution in [2.75, 3.05) is 4.90 Å². The molecule has 0 amide bonds. The number of para-hydroxylation sites is 2. The van der Waals surface area contributed by atoms with Gasteiger partial charge in [0.25, 0.3) is 0 Å². The van der Waals surface area contributed by atoms with E-state index in [1.807, 2.05) is 0 Å². The molecule has 0 fully saturated rings. The van der Waals surface area contributed by atoms with Gasteiger partial charge in [-0.05, 0) is 90.7 Å². The average Bonchev–Trinajstić information content (AvgIpc) is 3.97. The smallest absolute Gasteiger partial charge is 0.159 e. The number of rotatable bonds is 5. The molecule has 0 saturated carbocycles. The van der Waals surface area contributed by atoms with Crippen LogP contribution < -0.4 is 4.90 Å². The Hall–Kier alpha value is -7.94. The first-order valence-corrected chi connectivity index (χ1v) is 21.1. The van der Waals surface area contributed by atoms with Crippen molar-refractivity contribution in [3.05, 3.63) is 247 Å². The zero-order chi connectivity index (χ0) is 40.1. The lowest BCUT2D eigenvalue weighted by Gasteiger charge is -2.32. The van der Waals surface area contributed by atoms with E-state index in [2.05, 4.69) is 229 Å². The molecule has 0 N–H and O–H groups in total. The van der Waals surface area contributed by atoms with E-state index in [-0.39, 0.29) is 0 Å². The highest BCUT2D eigenvalue weighted by molar-refractivity contribution is 6.17. The summed E-state index contributed by atoms with van der Waals surface area (Å²) in [5.41, 5.74) is 19.4. The third kappa shape index (κ3) is 4.67. The largest absolute Gasteiger partial charge is 0.454 e. The minimum absolute atomic E-state index is 0.480. The maximum absolute atomic E-state index is 7.12. The molecule has 13 rings (SSSR count). The van der Waals surface area contributed by atoms with Gasteiger partial charge in [0.05, 0.1) is 22.5 Å². The summed E-state index contributed by atoms with van der Waals surface area (Å²) in [5, 5.41) is 4.63. The highest BCUT2D eigenvalue weighted by Crippen LogP contribution is 2.65. The van der Waals surface area contributed by atoms with E-state index in [1.54, 1.807) is 0 Å². The van der Waals surface area contributed by atoms with Crippen molar-refractivity contribution in [2.24, 2.45) is 0 Å². The van der Waals surface area contributed by atoms with Crippen molar-refractivity contribution in [3.8, 4) is 44.5 Å². The van der Waals surface area contributed by atoms with Crippen LogP contribution >= 0.6 is 0 Å². The summed E-state index contributed by atoms with van der Waals surface area (Å²) >= 11 is 0. The van der Waals surface area contributed by atoms with Crippen molar-refractivity contribution < 1.29 is 4.42 Å². The Labute approximate surface area is 354 Å². The molecule has 2 nitrogen and oxygen atoms in total. The van der Waals surface area contributed by atoms with Gasteiger partial charge in [0.2, 0.25) is 0 Å². The number of hydrogen-bond donors (Lipinski definition) is 0. The first-order valence-electron chi connectivity index (χ1n) is 21.1. The summed E-state index contributed by atoms with van der Waals surface area (Å²) in [6, 6.07) is 82.1. The van der Waals surface area contributed by atoms with Crippen LogP contribution in [0.25, 0.3) is 77.2 Å². The number of benzene rings is 10. The van der Waals surface area contributed by atoms with Gasteiger partial charge in [-0.2, -0.15) is 0 Å². The number of anilines is 3.